The number of aromatic nitrogens is 1. The number of amides is 1. The Morgan fingerprint density at radius 3 is 2.80 bits per heavy atom. The molecule has 1 aromatic heterocycles. The summed E-state index contributed by atoms with van der Waals surface area (Å²) < 4.78 is 4.87. The number of likely N-dealkylation sites (tertiary alicyclic amines) is 1. The lowest BCUT2D eigenvalue weighted by Gasteiger charge is -2.15. The lowest BCUT2D eigenvalue weighted by molar-refractivity contribution is 0.0740. The van der Waals surface area contributed by atoms with Crippen LogP contribution in [0.2, 0.25) is 0 Å². The molecule has 0 aromatic carbocycles. The molecule has 0 spiro atoms. The fraction of sp³-hybridized carbons (Fsp3) is 0.600. The summed E-state index contributed by atoms with van der Waals surface area (Å²) in [5.74, 6) is 1.57. The standard InChI is InChI=1S/C10H13N3O2/c14-10(9-1-2-12-15-9)13-5-7-3-11-4-8(7)6-13/h1-2,7-8,11H,3-6H2/t7-,8+. The van der Waals surface area contributed by atoms with Crippen LogP contribution in [0, 0.1) is 11.8 Å². The van der Waals surface area contributed by atoms with Crippen molar-refractivity contribution < 1.29 is 9.32 Å². The zero-order valence-corrected chi connectivity index (χ0v) is 8.35. The first-order chi connectivity index (χ1) is 7.34. The third kappa shape index (κ3) is 1.43. The Morgan fingerprint density at radius 1 is 1.47 bits per heavy atom. The molecule has 2 atom stereocenters. The van der Waals surface area contributed by atoms with Gasteiger partial charge in [0.15, 0.2) is 0 Å². The molecule has 1 amide bonds. The molecule has 80 valence electrons. The van der Waals surface area contributed by atoms with Gasteiger partial charge < -0.3 is 14.7 Å². The number of nitrogens with zero attached hydrogens (tertiary/aromatic N) is 2. The zero-order valence-electron chi connectivity index (χ0n) is 8.35. The van der Waals surface area contributed by atoms with E-state index in [1.807, 2.05) is 4.90 Å². The summed E-state index contributed by atoms with van der Waals surface area (Å²) in [6.07, 6.45) is 1.51. The van der Waals surface area contributed by atoms with Gasteiger partial charge in [0.05, 0.1) is 6.20 Å². The highest BCUT2D eigenvalue weighted by Crippen LogP contribution is 2.27. The van der Waals surface area contributed by atoms with Gasteiger partial charge in [0, 0.05) is 32.2 Å². The molecule has 2 aliphatic heterocycles. The molecule has 0 unspecified atom stereocenters. The number of rotatable bonds is 1. The molecule has 2 saturated heterocycles. The Bertz CT molecular complexity index is 351. The second-order valence-corrected chi connectivity index (χ2v) is 4.27. The van der Waals surface area contributed by atoms with Crippen molar-refractivity contribution in [2.75, 3.05) is 26.2 Å². The van der Waals surface area contributed by atoms with Gasteiger partial charge in [-0.25, -0.2) is 0 Å². The topological polar surface area (TPSA) is 58.4 Å². The van der Waals surface area contributed by atoms with Gasteiger partial charge in [0.2, 0.25) is 5.76 Å². The van der Waals surface area contributed by atoms with Crippen LogP contribution in [0.15, 0.2) is 16.8 Å². The van der Waals surface area contributed by atoms with Crippen LogP contribution in [0.25, 0.3) is 0 Å². The van der Waals surface area contributed by atoms with Crippen molar-refractivity contribution in [3.05, 3.63) is 18.0 Å². The van der Waals surface area contributed by atoms with Crippen LogP contribution in [-0.2, 0) is 0 Å². The number of hydrogen-bond donors (Lipinski definition) is 1. The van der Waals surface area contributed by atoms with E-state index >= 15 is 0 Å². The van der Waals surface area contributed by atoms with E-state index < -0.39 is 0 Å². The van der Waals surface area contributed by atoms with Gasteiger partial charge in [0.25, 0.3) is 5.91 Å². The second-order valence-electron chi connectivity index (χ2n) is 4.27. The molecule has 5 nitrogen and oxygen atoms in total. The summed E-state index contributed by atoms with van der Waals surface area (Å²) in [6.45, 7) is 3.75. The van der Waals surface area contributed by atoms with Gasteiger partial charge in [-0.05, 0) is 11.8 Å². The van der Waals surface area contributed by atoms with Crippen LogP contribution in [0.3, 0.4) is 0 Å². The molecule has 1 aromatic rings. The highest BCUT2D eigenvalue weighted by molar-refractivity contribution is 5.91. The number of carbonyl (C=O) groups is 1. The monoisotopic (exact) mass is 207 g/mol. The summed E-state index contributed by atoms with van der Waals surface area (Å²) in [5.41, 5.74) is 0. The average Bonchev–Trinajstić information content (AvgIpc) is 2.92. The van der Waals surface area contributed by atoms with E-state index in [2.05, 4.69) is 10.5 Å². The summed E-state index contributed by atoms with van der Waals surface area (Å²) in [4.78, 5) is 13.8. The Kier molecular flexibility index (Phi) is 1.98. The molecule has 2 fully saturated rings. The van der Waals surface area contributed by atoms with E-state index in [4.69, 9.17) is 4.52 Å². The Labute approximate surface area is 87.4 Å². The quantitative estimate of drug-likeness (QED) is 0.702. The molecule has 15 heavy (non-hydrogen) atoms. The van der Waals surface area contributed by atoms with Gasteiger partial charge in [-0.2, -0.15) is 0 Å². The van der Waals surface area contributed by atoms with Crippen LogP contribution in [0.1, 0.15) is 10.6 Å². The summed E-state index contributed by atoms with van der Waals surface area (Å²) in [5, 5.41) is 6.90. The molecule has 1 N–H and O–H groups in total. The zero-order chi connectivity index (χ0) is 10.3. The van der Waals surface area contributed by atoms with Gasteiger partial charge in [-0.1, -0.05) is 5.16 Å². The van der Waals surface area contributed by atoms with Crippen molar-refractivity contribution in [3.8, 4) is 0 Å². The first-order valence-electron chi connectivity index (χ1n) is 5.25. The number of hydrogen-bond acceptors (Lipinski definition) is 4. The highest BCUT2D eigenvalue weighted by atomic mass is 16.5. The van der Waals surface area contributed by atoms with Crippen molar-refractivity contribution in [3.63, 3.8) is 0 Å². The van der Waals surface area contributed by atoms with Gasteiger partial charge >= 0.3 is 0 Å². The average molecular weight is 207 g/mol. The van der Waals surface area contributed by atoms with Crippen LogP contribution >= 0.6 is 0 Å². The predicted molar refractivity (Wildman–Crippen MR) is 52.3 cm³/mol. The maximum absolute atomic E-state index is 11.9. The summed E-state index contributed by atoms with van der Waals surface area (Å²) in [7, 11) is 0. The first kappa shape index (κ1) is 8.91. The maximum atomic E-state index is 11.9. The van der Waals surface area contributed by atoms with E-state index in [1.165, 1.54) is 6.20 Å². The Balaban J connectivity index is 1.72. The fourth-order valence-electron chi connectivity index (χ4n) is 2.50. The number of carbonyl (C=O) groups excluding carboxylic acids is 1. The molecule has 0 bridgehead atoms. The lowest BCUT2D eigenvalue weighted by atomic mass is 10.0. The van der Waals surface area contributed by atoms with E-state index in [9.17, 15) is 4.79 Å². The van der Waals surface area contributed by atoms with Gasteiger partial charge in [-0.3, -0.25) is 4.79 Å². The van der Waals surface area contributed by atoms with Gasteiger partial charge in [-0.15, -0.1) is 0 Å². The third-order valence-corrected chi connectivity index (χ3v) is 3.33. The minimum absolute atomic E-state index is 0.0260. The highest BCUT2D eigenvalue weighted by Gasteiger charge is 2.38. The first-order valence-corrected chi connectivity index (χ1v) is 5.25. The minimum Gasteiger partial charge on any atom is -0.351 e. The molecule has 0 radical (unpaired) electrons. The van der Waals surface area contributed by atoms with Crippen molar-refractivity contribution in [1.29, 1.82) is 0 Å². The van der Waals surface area contributed by atoms with Crippen LogP contribution in [0.4, 0.5) is 0 Å². The molecular weight excluding hydrogens is 194 g/mol. The summed E-state index contributed by atoms with van der Waals surface area (Å²) in [6, 6.07) is 1.62. The molecule has 2 aliphatic rings. The fourth-order valence-corrected chi connectivity index (χ4v) is 2.50. The van der Waals surface area contributed by atoms with Crippen LogP contribution in [-0.4, -0.2) is 42.1 Å². The van der Waals surface area contributed by atoms with E-state index in [1.54, 1.807) is 6.07 Å². The predicted octanol–water partition coefficient (Wildman–Crippen LogP) is -0.0340. The van der Waals surface area contributed by atoms with Crippen molar-refractivity contribution in [2.24, 2.45) is 11.8 Å². The van der Waals surface area contributed by atoms with Crippen molar-refractivity contribution in [2.45, 2.75) is 0 Å². The van der Waals surface area contributed by atoms with E-state index in [0.29, 0.717) is 17.6 Å². The SMILES string of the molecule is O=C(c1ccno1)N1C[C@H]2CNC[C@H]2C1. The molecule has 0 aliphatic carbocycles. The Hall–Kier alpha value is -1.36. The smallest absolute Gasteiger partial charge is 0.292 e. The van der Waals surface area contributed by atoms with Crippen molar-refractivity contribution in [1.82, 2.24) is 15.4 Å². The van der Waals surface area contributed by atoms with Crippen LogP contribution < -0.4 is 5.32 Å². The van der Waals surface area contributed by atoms with Gasteiger partial charge in [0.1, 0.15) is 0 Å². The minimum atomic E-state index is -0.0260. The normalized spacial score (nSPS) is 29.5. The third-order valence-electron chi connectivity index (χ3n) is 3.33. The molecular formula is C10H13N3O2. The van der Waals surface area contributed by atoms with Crippen LogP contribution in [0.5, 0.6) is 0 Å². The number of nitrogens with one attached hydrogen (secondary N) is 1. The van der Waals surface area contributed by atoms with E-state index in [0.717, 1.165) is 26.2 Å². The van der Waals surface area contributed by atoms with Crippen molar-refractivity contribution >= 4 is 5.91 Å². The van der Waals surface area contributed by atoms with E-state index in [-0.39, 0.29) is 5.91 Å². The molecule has 0 saturated carbocycles. The molecule has 3 heterocycles. The lowest BCUT2D eigenvalue weighted by Crippen LogP contribution is -2.31. The molecule has 3 rings (SSSR count). The maximum Gasteiger partial charge on any atom is 0.292 e. The Morgan fingerprint density at radius 2 is 2.20 bits per heavy atom. The largest absolute Gasteiger partial charge is 0.351 e. The number of fused-ring (bicyclic) bond motifs is 1. The summed E-state index contributed by atoms with van der Waals surface area (Å²) >= 11 is 0. The second kappa shape index (κ2) is 3.34. The molecule has 5 heteroatoms.